The van der Waals surface area contributed by atoms with E-state index in [1.165, 1.54) is 0 Å². The zero-order valence-corrected chi connectivity index (χ0v) is 11.5. The van der Waals surface area contributed by atoms with E-state index in [1.807, 2.05) is 12.1 Å². The number of hydrogen-bond acceptors (Lipinski definition) is 2. The maximum Gasteiger partial charge on any atom is 0.253 e. The van der Waals surface area contributed by atoms with Crippen molar-refractivity contribution in [1.82, 2.24) is 5.32 Å². The monoisotopic (exact) mass is 294 g/mol. The molecule has 0 radical (unpaired) electrons. The Morgan fingerprint density at radius 3 is 2.47 bits per heavy atom. The third-order valence-corrected chi connectivity index (χ3v) is 3.18. The van der Waals surface area contributed by atoms with Crippen LogP contribution in [-0.4, -0.2) is 5.91 Å². The van der Waals surface area contributed by atoms with Crippen LogP contribution in [0, 0.1) is 0 Å². The van der Waals surface area contributed by atoms with Gasteiger partial charge in [-0.1, -0.05) is 35.3 Å². The molecule has 2 aromatic rings. The Bertz CT molecular complexity index is 597. The van der Waals surface area contributed by atoms with E-state index in [0.717, 1.165) is 5.56 Å². The maximum atomic E-state index is 12.0. The molecule has 1 amide bonds. The zero-order chi connectivity index (χ0) is 13.8. The van der Waals surface area contributed by atoms with Crippen molar-refractivity contribution in [2.45, 2.75) is 6.54 Å². The first-order valence-corrected chi connectivity index (χ1v) is 6.39. The smallest absolute Gasteiger partial charge is 0.253 e. The first kappa shape index (κ1) is 13.7. The Kier molecular flexibility index (Phi) is 4.30. The van der Waals surface area contributed by atoms with E-state index in [-0.39, 0.29) is 5.91 Å². The van der Waals surface area contributed by atoms with Gasteiger partial charge >= 0.3 is 0 Å². The van der Waals surface area contributed by atoms with Gasteiger partial charge in [-0.15, -0.1) is 0 Å². The number of carbonyl (C=O) groups excluding carboxylic acids is 1. The predicted octanol–water partition coefficient (Wildman–Crippen LogP) is 3.51. The van der Waals surface area contributed by atoms with Crippen LogP contribution in [-0.2, 0) is 6.54 Å². The molecule has 0 aliphatic rings. The van der Waals surface area contributed by atoms with Crippen molar-refractivity contribution in [2.75, 3.05) is 5.73 Å². The number of nitrogen functional groups attached to an aromatic ring is 1. The molecule has 0 bridgehead atoms. The van der Waals surface area contributed by atoms with Crippen LogP contribution in [0.2, 0.25) is 10.0 Å². The molecule has 0 aliphatic carbocycles. The number of amides is 1. The Labute approximate surface area is 121 Å². The van der Waals surface area contributed by atoms with Gasteiger partial charge in [-0.3, -0.25) is 4.79 Å². The molecule has 0 aromatic heterocycles. The van der Waals surface area contributed by atoms with Crippen LogP contribution in [0.1, 0.15) is 15.9 Å². The van der Waals surface area contributed by atoms with Gasteiger partial charge in [-0.2, -0.15) is 0 Å². The average Bonchev–Trinajstić information content (AvgIpc) is 2.40. The summed E-state index contributed by atoms with van der Waals surface area (Å²) in [6, 6.07) is 12.1. The molecule has 0 spiro atoms. The minimum Gasteiger partial charge on any atom is -0.399 e. The van der Waals surface area contributed by atoms with Gasteiger partial charge in [-0.25, -0.2) is 0 Å². The molecule has 19 heavy (non-hydrogen) atoms. The Hall–Kier alpha value is -1.71. The summed E-state index contributed by atoms with van der Waals surface area (Å²) in [6.45, 7) is 0.404. The molecule has 0 atom stereocenters. The van der Waals surface area contributed by atoms with Gasteiger partial charge in [0.05, 0.1) is 10.6 Å². The fourth-order valence-electron chi connectivity index (χ4n) is 1.60. The summed E-state index contributed by atoms with van der Waals surface area (Å²) in [4.78, 5) is 12.0. The molecule has 2 rings (SSSR count). The highest BCUT2D eigenvalue weighted by molar-refractivity contribution is 6.34. The highest BCUT2D eigenvalue weighted by Crippen LogP contribution is 2.19. The van der Waals surface area contributed by atoms with Gasteiger partial charge in [0.15, 0.2) is 0 Å². The van der Waals surface area contributed by atoms with Crippen LogP contribution in [0.5, 0.6) is 0 Å². The highest BCUT2D eigenvalue weighted by atomic mass is 35.5. The minimum atomic E-state index is -0.257. The molecule has 0 aliphatic heterocycles. The molecule has 0 fully saturated rings. The summed E-state index contributed by atoms with van der Waals surface area (Å²) in [5.41, 5.74) is 7.46. The maximum absolute atomic E-state index is 12.0. The number of nitrogens with one attached hydrogen (secondary N) is 1. The normalized spacial score (nSPS) is 10.2. The minimum absolute atomic E-state index is 0.257. The summed E-state index contributed by atoms with van der Waals surface area (Å²) in [5.74, 6) is -0.257. The van der Waals surface area contributed by atoms with E-state index >= 15 is 0 Å². The van der Waals surface area contributed by atoms with Crippen molar-refractivity contribution in [3.63, 3.8) is 0 Å². The van der Waals surface area contributed by atoms with Gasteiger partial charge < -0.3 is 11.1 Å². The van der Waals surface area contributed by atoms with Crippen LogP contribution in [0.25, 0.3) is 0 Å². The molecule has 0 unspecified atom stereocenters. The molecule has 0 saturated heterocycles. The molecular formula is C14H12Cl2N2O. The standard InChI is InChI=1S/C14H12Cl2N2O/c15-10-3-1-9(2-4-10)8-18-14(19)12-7-11(17)5-6-13(12)16/h1-7H,8,17H2,(H,18,19). The highest BCUT2D eigenvalue weighted by Gasteiger charge is 2.10. The van der Waals surface area contributed by atoms with Gasteiger partial charge in [0.25, 0.3) is 5.91 Å². The third kappa shape index (κ3) is 3.63. The first-order valence-electron chi connectivity index (χ1n) is 5.64. The number of nitrogens with two attached hydrogens (primary N) is 1. The Balaban J connectivity index is 2.05. The number of halogens is 2. The number of rotatable bonds is 3. The average molecular weight is 295 g/mol. The summed E-state index contributed by atoms with van der Waals surface area (Å²) in [6.07, 6.45) is 0. The van der Waals surface area contributed by atoms with Gasteiger partial charge in [-0.05, 0) is 35.9 Å². The van der Waals surface area contributed by atoms with Crippen LogP contribution in [0.15, 0.2) is 42.5 Å². The quantitative estimate of drug-likeness (QED) is 0.851. The van der Waals surface area contributed by atoms with E-state index in [0.29, 0.717) is 27.8 Å². The van der Waals surface area contributed by atoms with E-state index in [4.69, 9.17) is 28.9 Å². The summed E-state index contributed by atoms with van der Waals surface area (Å²) < 4.78 is 0. The second kappa shape index (κ2) is 5.95. The van der Waals surface area contributed by atoms with Crippen molar-refractivity contribution < 1.29 is 4.79 Å². The lowest BCUT2D eigenvalue weighted by atomic mass is 10.1. The molecular weight excluding hydrogens is 283 g/mol. The summed E-state index contributed by atoms with van der Waals surface area (Å²) >= 11 is 11.7. The number of anilines is 1. The van der Waals surface area contributed by atoms with Gasteiger partial charge in [0.1, 0.15) is 0 Å². The van der Waals surface area contributed by atoms with E-state index in [2.05, 4.69) is 5.32 Å². The van der Waals surface area contributed by atoms with Crippen molar-refractivity contribution >= 4 is 34.8 Å². The molecule has 3 N–H and O–H groups in total. The second-order valence-corrected chi connectivity index (χ2v) is 4.89. The summed E-state index contributed by atoms with van der Waals surface area (Å²) in [7, 11) is 0. The fraction of sp³-hybridized carbons (Fsp3) is 0.0714. The van der Waals surface area contributed by atoms with Crippen molar-refractivity contribution in [3.8, 4) is 0 Å². The van der Waals surface area contributed by atoms with Crippen LogP contribution in [0.4, 0.5) is 5.69 Å². The SMILES string of the molecule is Nc1ccc(Cl)c(C(=O)NCc2ccc(Cl)cc2)c1. The lowest BCUT2D eigenvalue weighted by molar-refractivity contribution is 0.0951. The zero-order valence-electron chi connectivity index (χ0n) is 9.99. The largest absolute Gasteiger partial charge is 0.399 e. The van der Waals surface area contributed by atoms with E-state index in [1.54, 1.807) is 30.3 Å². The van der Waals surface area contributed by atoms with Gasteiger partial charge in [0, 0.05) is 17.3 Å². The van der Waals surface area contributed by atoms with E-state index < -0.39 is 0 Å². The number of carbonyl (C=O) groups is 1. The van der Waals surface area contributed by atoms with E-state index in [9.17, 15) is 4.79 Å². The van der Waals surface area contributed by atoms with Crippen LogP contribution in [0.3, 0.4) is 0 Å². The lowest BCUT2D eigenvalue weighted by Gasteiger charge is -2.07. The second-order valence-electron chi connectivity index (χ2n) is 4.05. The topological polar surface area (TPSA) is 55.1 Å². The summed E-state index contributed by atoms with van der Waals surface area (Å²) in [5, 5.41) is 3.82. The molecule has 3 nitrogen and oxygen atoms in total. The fourth-order valence-corrected chi connectivity index (χ4v) is 1.93. The molecule has 2 aromatic carbocycles. The molecule has 0 saturated carbocycles. The molecule has 0 heterocycles. The number of hydrogen-bond donors (Lipinski definition) is 2. The van der Waals surface area contributed by atoms with Crippen molar-refractivity contribution in [2.24, 2.45) is 0 Å². The molecule has 98 valence electrons. The molecule has 5 heteroatoms. The number of benzene rings is 2. The van der Waals surface area contributed by atoms with Crippen molar-refractivity contribution in [3.05, 3.63) is 63.6 Å². The Morgan fingerprint density at radius 2 is 1.79 bits per heavy atom. The van der Waals surface area contributed by atoms with Crippen molar-refractivity contribution in [1.29, 1.82) is 0 Å². The first-order chi connectivity index (χ1) is 9.06. The van der Waals surface area contributed by atoms with Crippen LogP contribution >= 0.6 is 23.2 Å². The van der Waals surface area contributed by atoms with Gasteiger partial charge in [0.2, 0.25) is 0 Å². The predicted molar refractivity (Wildman–Crippen MR) is 78.5 cm³/mol. The Morgan fingerprint density at radius 1 is 1.11 bits per heavy atom. The third-order valence-electron chi connectivity index (χ3n) is 2.60. The van der Waals surface area contributed by atoms with Crippen LogP contribution < -0.4 is 11.1 Å². The lowest BCUT2D eigenvalue weighted by Crippen LogP contribution is -2.23.